The van der Waals surface area contributed by atoms with Crippen LogP contribution in [0.5, 0.6) is 0 Å². The number of rotatable bonds is 2. The fourth-order valence-electron chi connectivity index (χ4n) is 8.41. The predicted molar refractivity (Wildman–Crippen MR) is 110 cm³/mol. The first-order valence-electron chi connectivity index (χ1n) is 12.1. The van der Waals surface area contributed by atoms with Gasteiger partial charge in [0.25, 0.3) is 0 Å². The summed E-state index contributed by atoms with van der Waals surface area (Å²) >= 11 is 0. The molecule has 0 aromatic heterocycles. The standard InChI is InChI=1S/C23H35NO8/c1-10-4-5-23-11(2)18(24-14-16(27)15(26)13(9-25)30-19(14)28)29-12-8-21(3)6-7-22(10,17(12)23)20(23)31-32-21/h10-17,19-20,25-28H,4-9H2,1-3H3/b24-18-/t10-,11+,12-,13+,14?,15+,16+,17?,19-,20?,21+,22?,23?/m1/s1. The second-order valence-electron chi connectivity index (χ2n) is 11.4. The van der Waals surface area contributed by atoms with E-state index in [1.165, 1.54) is 0 Å². The van der Waals surface area contributed by atoms with Gasteiger partial charge in [-0.3, -0.25) is 0 Å². The summed E-state index contributed by atoms with van der Waals surface area (Å²) in [6, 6.07) is -1.10. The van der Waals surface area contributed by atoms with Crippen LogP contribution in [0.1, 0.15) is 52.9 Å². The maximum absolute atomic E-state index is 10.6. The van der Waals surface area contributed by atoms with Gasteiger partial charge in [-0.2, -0.15) is 0 Å². The van der Waals surface area contributed by atoms with E-state index in [0.29, 0.717) is 24.2 Å². The first-order valence-corrected chi connectivity index (χ1v) is 12.1. The summed E-state index contributed by atoms with van der Waals surface area (Å²) in [5.41, 5.74) is -0.523. The quantitative estimate of drug-likeness (QED) is 0.446. The molecule has 7 aliphatic rings. The van der Waals surface area contributed by atoms with E-state index in [2.05, 4.69) is 25.8 Å². The van der Waals surface area contributed by atoms with E-state index in [9.17, 15) is 20.4 Å². The molecule has 0 aromatic carbocycles. The molecule has 0 amide bonds. The maximum atomic E-state index is 10.6. The smallest absolute Gasteiger partial charge is 0.187 e. The SMILES string of the molecule is C[C@@H]1CCC23C4OO[C@@]5(C)CCC41C2[C@@H](C5)O/C(=N\C1[C@H](O)O[C@@H](CO)[C@H](O)[C@H]1O)[C@@H]3C. The zero-order valence-electron chi connectivity index (χ0n) is 18.9. The van der Waals surface area contributed by atoms with E-state index in [-0.39, 0.29) is 29.0 Å². The minimum atomic E-state index is -1.45. The Bertz CT molecular complexity index is 824. The molecule has 9 heteroatoms. The molecule has 4 aliphatic carbocycles. The molecular formula is C23H35NO8. The Labute approximate surface area is 187 Å². The van der Waals surface area contributed by atoms with Gasteiger partial charge >= 0.3 is 0 Å². The molecule has 9 nitrogen and oxygen atoms in total. The van der Waals surface area contributed by atoms with E-state index in [1.807, 2.05) is 0 Å². The highest BCUT2D eigenvalue weighted by atomic mass is 17.2. The van der Waals surface area contributed by atoms with Gasteiger partial charge in [0.05, 0.1) is 6.61 Å². The zero-order chi connectivity index (χ0) is 22.6. The van der Waals surface area contributed by atoms with Gasteiger partial charge in [-0.1, -0.05) is 13.8 Å². The van der Waals surface area contributed by atoms with Crippen molar-refractivity contribution in [2.75, 3.05) is 6.61 Å². The summed E-state index contributed by atoms with van der Waals surface area (Å²) in [5, 5.41) is 40.8. The summed E-state index contributed by atoms with van der Waals surface area (Å²) in [4.78, 5) is 16.9. The molecule has 4 N–H and O–H groups in total. The van der Waals surface area contributed by atoms with Crippen molar-refractivity contribution < 1.29 is 39.7 Å². The van der Waals surface area contributed by atoms with Crippen LogP contribution in [-0.2, 0) is 19.2 Å². The van der Waals surface area contributed by atoms with Gasteiger partial charge < -0.3 is 29.9 Å². The van der Waals surface area contributed by atoms with Crippen LogP contribution in [0.25, 0.3) is 0 Å². The van der Waals surface area contributed by atoms with Crippen LogP contribution in [0.3, 0.4) is 0 Å². The summed E-state index contributed by atoms with van der Waals surface area (Å²) in [6.07, 6.45) is -0.505. The number of hydrogen-bond acceptors (Lipinski definition) is 9. The van der Waals surface area contributed by atoms with Gasteiger partial charge in [-0.25, -0.2) is 14.8 Å². The van der Waals surface area contributed by atoms with Crippen LogP contribution in [0.2, 0.25) is 0 Å². The number of ether oxygens (including phenoxy) is 2. The summed E-state index contributed by atoms with van der Waals surface area (Å²) in [5.74, 6) is 1.29. The Morgan fingerprint density at radius 2 is 1.84 bits per heavy atom. The number of fused-ring (bicyclic) bond motifs is 4. The van der Waals surface area contributed by atoms with Gasteiger partial charge in [-0.15, -0.1) is 0 Å². The third kappa shape index (κ3) is 2.46. The molecule has 13 atom stereocenters. The molecule has 32 heavy (non-hydrogen) atoms. The van der Waals surface area contributed by atoms with E-state index in [0.717, 1.165) is 25.7 Å². The Morgan fingerprint density at radius 1 is 1.06 bits per heavy atom. The van der Waals surface area contributed by atoms with E-state index in [1.54, 1.807) is 0 Å². The van der Waals surface area contributed by atoms with Crippen molar-refractivity contribution in [3.05, 3.63) is 0 Å². The number of hydrogen-bond donors (Lipinski definition) is 4. The van der Waals surface area contributed by atoms with Crippen LogP contribution in [0.15, 0.2) is 4.99 Å². The Morgan fingerprint density at radius 3 is 2.59 bits per heavy atom. The van der Waals surface area contributed by atoms with Crippen LogP contribution in [0.4, 0.5) is 0 Å². The van der Waals surface area contributed by atoms with E-state index >= 15 is 0 Å². The van der Waals surface area contributed by atoms with E-state index < -0.39 is 42.9 Å². The van der Waals surface area contributed by atoms with Crippen LogP contribution in [0, 0.1) is 28.6 Å². The molecule has 5 unspecified atom stereocenters. The second kappa shape index (κ2) is 6.87. The topological polar surface area (TPSA) is 130 Å². The molecule has 3 saturated heterocycles. The zero-order valence-corrected chi connectivity index (χ0v) is 18.9. The second-order valence-corrected chi connectivity index (χ2v) is 11.4. The minimum absolute atomic E-state index is 0.0284. The molecule has 4 saturated carbocycles. The lowest BCUT2D eigenvalue weighted by Gasteiger charge is -2.77. The van der Waals surface area contributed by atoms with Gasteiger partial charge in [0.1, 0.15) is 42.2 Å². The molecule has 0 radical (unpaired) electrons. The van der Waals surface area contributed by atoms with E-state index in [4.69, 9.17) is 19.2 Å². The van der Waals surface area contributed by atoms with Gasteiger partial charge in [0.15, 0.2) is 12.2 Å². The third-order valence-corrected chi connectivity index (χ3v) is 10.1. The normalized spacial score (nSPS) is 62.0. The molecular weight excluding hydrogens is 418 g/mol. The summed E-state index contributed by atoms with van der Waals surface area (Å²) < 4.78 is 11.9. The van der Waals surface area contributed by atoms with Crippen molar-refractivity contribution in [1.29, 1.82) is 0 Å². The van der Waals surface area contributed by atoms with Crippen molar-refractivity contribution in [2.45, 2.75) is 101 Å². The first kappa shape index (κ1) is 21.7. The van der Waals surface area contributed by atoms with Crippen molar-refractivity contribution in [3.8, 4) is 0 Å². The fourth-order valence-corrected chi connectivity index (χ4v) is 8.41. The number of aliphatic hydroxyl groups is 4. The summed E-state index contributed by atoms with van der Waals surface area (Å²) in [7, 11) is 0. The minimum Gasteiger partial charge on any atom is -0.477 e. The Balaban J connectivity index is 1.39. The number of aliphatic hydroxyl groups excluding tert-OH is 4. The predicted octanol–water partition coefficient (Wildman–Crippen LogP) is 0.525. The highest BCUT2D eigenvalue weighted by Crippen LogP contribution is 2.79. The molecule has 180 valence electrons. The lowest BCUT2D eigenvalue weighted by molar-refractivity contribution is -0.482. The Kier molecular flexibility index (Phi) is 4.66. The van der Waals surface area contributed by atoms with Crippen LogP contribution in [-0.4, -0.2) is 81.4 Å². The number of nitrogens with zero attached hydrogens (tertiary/aromatic N) is 1. The van der Waals surface area contributed by atoms with Gasteiger partial charge in [0, 0.05) is 29.1 Å². The lowest BCUT2D eigenvalue weighted by Crippen LogP contribution is -2.81. The van der Waals surface area contributed by atoms with Crippen LogP contribution < -0.4 is 0 Å². The maximum Gasteiger partial charge on any atom is 0.187 e. The van der Waals surface area contributed by atoms with Gasteiger partial charge in [0.2, 0.25) is 0 Å². The third-order valence-electron chi connectivity index (χ3n) is 10.1. The molecule has 7 fully saturated rings. The highest BCUT2D eigenvalue weighted by Gasteiger charge is 2.83. The van der Waals surface area contributed by atoms with Crippen molar-refractivity contribution in [1.82, 2.24) is 0 Å². The molecule has 3 aliphatic heterocycles. The monoisotopic (exact) mass is 453 g/mol. The summed E-state index contributed by atoms with van der Waals surface area (Å²) in [6.45, 7) is 6.01. The number of aliphatic imine (C=N–C) groups is 1. The fraction of sp³-hybridized carbons (Fsp3) is 0.957. The molecule has 2 spiro atoms. The lowest BCUT2D eigenvalue weighted by atomic mass is 9.30. The molecule has 3 heterocycles. The van der Waals surface area contributed by atoms with Crippen molar-refractivity contribution >= 4 is 5.90 Å². The van der Waals surface area contributed by atoms with Crippen molar-refractivity contribution in [3.63, 3.8) is 0 Å². The van der Waals surface area contributed by atoms with Gasteiger partial charge in [-0.05, 0) is 38.5 Å². The Hall–Kier alpha value is -0.810. The average Bonchev–Trinajstić information content (AvgIpc) is 2.95. The molecule has 0 aromatic rings. The molecule has 7 rings (SSSR count). The largest absolute Gasteiger partial charge is 0.477 e. The van der Waals surface area contributed by atoms with Crippen LogP contribution >= 0.6 is 0 Å². The highest BCUT2D eigenvalue weighted by molar-refractivity contribution is 5.81. The van der Waals surface area contributed by atoms with Crippen molar-refractivity contribution in [2.24, 2.45) is 33.6 Å². The first-order chi connectivity index (χ1) is 15.2. The average molecular weight is 454 g/mol. The molecule has 3 bridgehead atoms.